The minimum atomic E-state index is 0.0227. The Hall–Kier alpha value is -0.0800. The van der Waals surface area contributed by atoms with Crippen molar-refractivity contribution in [2.45, 2.75) is 51.7 Å². The molecule has 0 rings (SSSR count). The Bertz CT molecular complexity index is 99.7. The van der Waals surface area contributed by atoms with Gasteiger partial charge in [0, 0.05) is 13.2 Å². The topological polar surface area (TPSA) is 35.2 Å². The molecule has 0 aromatic rings. The lowest BCUT2D eigenvalue weighted by atomic mass is 10.00. The third-order valence-electron chi connectivity index (χ3n) is 1.99. The highest BCUT2D eigenvalue weighted by molar-refractivity contribution is 4.68. The van der Waals surface area contributed by atoms with Crippen molar-refractivity contribution in [3.05, 3.63) is 0 Å². The third kappa shape index (κ3) is 6.32. The Balaban J connectivity index is 3.38. The van der Waals surface area contributed by atoms with Crippen molar-refractivity contribution >= 4 is 0 Å². The predicted molar refractivity (Wildman–Crippen MR) is 48.6 cm³/mol. The van der Waals surface area contributed by atoms with Crippen molar-refractivity contribution in [1.29, 1.82) is 0 Å². The maximum absolute atomic E-state index is 5.62. The second-order valence-electron chi connectivity index (χ2n) is 3.83. The van der Waals surface area contributed by atoms with Gasteiger partial charge in [0.05, 0.1) is 5.60 Å². The fraction of sp³-hybridized carbons (Fsp3) is 1.00. The molecule has 1 atom stereocenters. The second-order valence-corrected chi connectivity index (χ2v) is 3.83. The van der Waals surface area contributed by atoms with Gasteiger partial charge in [-0.3, -0.25) is 0 Å². The summed E-state index contributed by atoms with van der Waals surface area (Å²) in [5.74, 6) is 0. The summed E-state index contributed by atoms with van der Waals surface area (Å²) in [7, 11) is 1.76. The fourth-order valence-electron chi connectivity index (χ4n) is 0.952. The molecule has 0 aliphatic carbocycles. The van der Waals surface area contributed by atoms with E-state index in [1.54, 1.807) is 7.11 Å². The van der Waals surface area contributed by atoms with Crippen molar-refractivity contribution in [2.24, 2.45) is 5.73 Å². The van der Waals surface area contributed by atoms with Crippen LogP contribution in [0, 0.1) is 0 Å². The lowest BCUT2D eigenvalue weighted by molar-refractivity contribution is 0.0133. The van der Waals surface area contributed by atoms with E-state index in [0.717, 1.165) is 19.3 Å². The molecule has 0 aromatic heterocycles. The Labute approximate surface area is 70.1 Å². The first-order valence-electron chi connectivity index (χ1n) is 4.28. The zero-order chi connectivity index (χ0) is 8.91. The van der Waals surface area contributed by atoms with E-state index < -0.39 is 0 Å². The minimum absolute atomic E-state index is 0.0227. The van der Waals surface area contributed by atoms with E-state index in [-0.39, 0.29) is 5.60 Å². The zero-order valence-electron chi connectivity index (χ0n) is 8.18. The van der Waals surface area contributed by atoms with Gasteiger partial charge in [-0.25, -0.2) is 0 Å². The van der Waals surface area contributed by atoms with Gasteiger partial charge in [-0.05, 0) is 40.0 Å². The lowest BCUT2D eigenvalue weighted by Crippen LogP contribution is -2.23. The molecule has 0 saturated heterocycles. The molecule has 2 N–H and O–H groups in total. The first kappa shape index (κ1) is 10.9. The summed E-state index contributed by atoms with van der Waals surface area (Å²) in [5, 5.41) is 0. The fourth-order valence-corrected chi connectivity index (χ4v) is 0.952. The Morgan fingerprint density at radius 1 is 1.45 bits per heavy atom. The van der Waals surface area contributed by atoms with Crippen LogP contribution in [0.2, 0.25) is 0 Å². The van der Waals surface area contributed by atoms with Crippen molar-refractivity contribution in [2.75, 3.05) is 7.11 Å². The first-order chi connectivity index (χ1) is 4.98. The SMILES string of the molecule is COC(C)(C)CCC[C@@H](C)N. The summed E-state index contributed by atoms with van der Waals surface area (Å²) >= 11 is 0. The molecule has 0 amide bonds. The molecule has 0 aliphatic rings. The molecule has 0 unspecified atom stereocenters. The van der Waals surface area contributed by atoms with E-state index in [1.807, 2.05) is 6.92 Å². The highest BCUT2D eigenvalue weighted by atomic mass is 16.5. The van der Waals surface area contributed by atoms with Gasteiger partial charge in [0.15, 0.2) is 0 Å². The smallest absolute Gasteiger partial charge is 0.0622 e. The second kappa shape index (κ2) is 4.73. The molecule has 68 valence electrons. The summed E-state index contributed by atoms with van der Waals surface area (Å²) in [6.45, 7) is 6.25. The number of rotatable bonds is 5. The summed E-state index contributed by atoms with van der Waals surface area (Å²) in [5.41, 5.74) is 5.65. The van der Waals surface area contributed by atoms with E-state index in [9.17, 15) is 0 Å². The molecule has 0 aromatic carbocycles. The van der Waals surface area contributed by atoms with Gasteiger partial charge < -0.3 is 10.5 Å². The van der Waals surface area contributed by atoms with Crippen LogP contribution in [0.1, 0.15) is 40.0 Å². The van der Waals surface area contributed by atoms with Crippen LogP contribution in [0.15, 0.2) is 0 Å². The number of methoxy groups -OCH3 is 1. The summed E-state index contributed by atoms with van der Waals surface area (Å²) in [4.78, 5) is 0. The molecule has 0 saturated carbocycles. The Kier molecular flexibility index (Phi) is 4.69. The number of hydrogen-bond donors (Lipinski definition) is 1. The number of ether oxygens (including phenoxy) is 1. The van der Waals surface area contributed by atoms with Gasteiger partial charge in [-0.2, -0.15) is 0 Å². The molecule has 0 fully saturated rings. The van der Waals surface area contributed by atoms with E-state index >= 15 is 0 Å². The Morgan fingerprint density at radius 2 is 2.00 bits per heavy atom. The lowest BCUT2D eigenvalue weighted by Gasteiger charge is -2.22. The highest BCUT2D eigenvalue weighted by Gasteiger charge is 2.15. The van der Waals surface area contributed by atoms with Crippen LogP contribution in [0.4, 0.5) is 0 Å². The molecule has 0 aliphatic heterocycles. The van der Waals surface area contributed by atoms with Crippen molar-refractivity contribution < 1.29 is 4.74 Å². The van der Waals surface area contributed by atoms with Crippen LogP contribution in [0.5, 0.6) is 0 Å². The standard InChI is InChI=1S/C9H21NO/c1-8(10)6-5-7-9(2,3)11-4/h8H,5-7,10H2,1-4H3/t8-/m1/s1. The molecular formula is C9H21NO. The summed E-state index contributed by atoms with van der Waals surface area (Å²) in [6, 6.07) is 0.322. The maximum Gasteiger partial charge on any atom is 0.0622 e. The number of nitrogens with two attached hydrogens (primary N) is 1. The first-order valence-corrected chi connectivity index (χ1v) is 4.28. The average Bonchev–Trinajstić information content (AvgIpc) is 1.87. The average molecular weight is 159 g/mol. The monoisotopic (exact) mass is 159 g/mol. The molecular weight excluding hydrogens is 138 g/mol. The molecule has 11 heavy (non-hydrogen) atoms. The van der Waals surface area contributed by atoms with Crippen LogP contribution in [-0.2, 0) is 4.74 Å². The molecule has 0 bridgehead atoms. The van der Waals surface area contributed by atoms with E-state index in [4.69, 9.17) is 10.5 Å². The van der Waals surface area contributed by atoms with Crippen molar-refractivity contribution in [3.8, 4) is 0 Å². The van der Waals surface area contributed by atoms with Gasteiger partial charge in [-0.1, -0.05) is 0 Å². The molecule has 0 heterocycles. The quantitative estimate of drug-likeness (QED) is 0.665. The van der Waals surface area contributed by atoms with Crippen LogP contribution in [0.3, 0.4) is 0 Å². The molecule has 2 heteroatoms. The summed E-state index contributed by atoms with van der Waals surface area (Å²) < 4.78 is 5.28. The maximum atomic E-state index is 5.62. The van der Waals surface area contributed by atoms with E-state index in [1.165, 1.54) is 0 Å². The molecule has 2 nitrogen and oxygen atoms in total. The van der Waals surface area contributed by atoms with Gasteiger partial charge in [0.1, 0.15) is 0 Å². The van der Waals surface area contributed by atoms with Gasteiger partial charge >= 0.3 is 0 Å². The van der Waals surface area contributed by atoms with Gasteiger partial charge in [-0.15, -0.1) is 0 Å². The molecule has 0 spiro atoms. The zero-order valence-corrected chi connectivity index (χ0v) is 8.18. The van der Waals surface area contributed by atoms with Crippen molar-refractivity contribution in [3.63, 3.8) is 0 Å². The van der Waals surface area contributed by atoms with Crippen LogP contribution < -0.4 is 5.73 Å². The minimum Gasteiger partial charge on any atom is -0.379 e. The van der Waals surface area contributed by atoms with Crippen LogP contribution in [-0.4, -0.2) is 18.8 Å². The normalized spacial score (nSPS) is 15.0. The predicted octanol–water partition coefficient (Wildman–Crippen LogP) is 1.93. The number of hydrogen-bond acceptors (Lipinski definition) is 2. The van der Waals surface area contributed by atoms with Crippen molar-refractivity contribution in [1.82, 2.24) is 0 Å². The Morgan fingerprint density at radius 3 is 2.36 bits per heavy atom. The summed E-state index contributed by atoms with van der Waals surface area (Å²) in [6.07, 6.45) is 3.33. The van der Waals surface area contributed by atoms with Crippen LogP contribution in [0.25, 0.3) is 0 Å². The third-order valence-corrected chi connectivity index (χ3v) is 1.99. The van der Waals surface area contributed by atoms with E-state index in [2.05, 4.69) is 13.8 Å². The van der Waals surface area contributed by atoms with Crippen LogP contribution >= 0.6 is 0 Å². The van der Waals surface area contributed by atoms with Gasteiger partial charge in [0.2, 0.25) is 0 Å². The van der Waals surface area contributed by atoms with Gasteiger partial charge in [0.25, 0.3) is 0 Å². The van der Waals surface area contributed by atoms with E-state index in [0.29, 0.717) is 6.04 Å². The highest BCUT2D eigenvalue weighted by Crippen LogP contribution is 2.16. The largest absolute Gasteiger partial charge is 0.379 e. The molecule has 0 radical (unpaired) electrons.